The summed E-state index contributed by atoms with van der Waals surface area (Å²) in [5, 5.41) is 0. The summed E-state index contributed by atoms with van der Waals surface area (Å²) in [6.45, 7) is 11.4. The lowest BCUT2D eigenvalue weighted by Crippen LogP contribution is -2.55. The number of benzene rings is 1. The molecule has 2 heteroatoms. The Morgan fingerprint density at radius 3 is 2.65 bits per heavy atom. The topological polar surface area (TPSA) is 12.5 Å². The number of fused-ring (bicyclic) bond motifs is 1. The van der Waals surface area contributed by atoms with E-state index in [1.165, 1.54) is 36.1 Å². The summed E-state index contributed by atoms with van der Waals surface area (Å²) >= 11 is 0. The van der Waals surface area contributed by atoms with E-state index in [4.69, 9.17) is 4.74 Å². The maximum atomic E-state index is 6.64. The van der Waals surface area contributed by atoms with E-state index in [9.17, 15) is 0 Å². The summed E-state index contributed by atoms with van der Waals surface area (Å²) in [5.41, 5.74) is 4.26. The highest BCUT2D eigenvalue weighted by molar-refractivity contribution is 5.50. The monoisotopic (exact) mass is 273 g/mol. The van der Waals surface area contributed by atoms with Gasteiger partial charge in [-0.25, -0.2) is 0 Å². The van der Waals surface area contributed by atoms with Crippen LogP contribution in [0, 0.1) is 13.8 Å². The van der Waals surface area contributed by atoms with Crippen molar-refractivity contribution in [2.75, 3.05) is 20.1 Å². The Kier molecular flexibility index (Phi) is 3.13. The van der Waals surface area contributed by atoms with E-state index in [1.807, 2.05) is 0 Å². The molecule has 1 saturated heterocycles. The molecule has 0 radical (unpaired) electrons. The quantitative estimate of drug-likeness (QED) is 0.712. The molecule has 110 valence electrons. The van der Waals surface area contributed by atoms with Crippen molar-refractivity contribution in [3.63, 3.8) is 0 Å². The van der Waals surface area contributed by atoms with Crippen LogP contribution in [0.15, 0.2) is 12.1 Å². The third-order valence-electron chi connectivity index (χ3n) is 5.22. The lowest BCUT2D eigenvalue weighted by atomic mass is 9.69. The zero-order valence-corrected chi connectivity index (χ0v) is 13.5. The highest BCUT2D eigenvalue weighted by Crippen LogP contribution is 2.49. The fourth-order valence-electron chi connectivity index (χ4n) is 4.16. The van der Waals surface area contributed by atoms with Crippen LogP contribution in [0.25, 0.3) is 0 Å². The van der Waals surface area contributed by atoms with E-state index in [2.05, 4.69) is 51.8 Å². The first-order valence-electron chi connectivity index (χ1n) is 7.81. The predicted molar refractivity (Wildman–Crippen MR) is 83.6 cm³/mol. The van der Waals surface area contributed by atoms with Gasteiger partial charge < -0.3 is 9.64 Å². The van der Waals surface area contributed by atoms with E-state index >= 15 is 0 Å². The molecule has 1 aromatic carbocycles. The zero-order valence-electron chi connectivity index (χ0n) is 13.5. The Hall–Kier alpha value is -1.02. The standard InChI is InChI=1S/C18H27NO/c1-13-7-8-15-16(14(13)2)20-18(11-17(15,3)4)9-6-10-19(5)12-18/h7-8H,6,9-12H2,1-5H3. The summed E-state index contributed by atoms with van der Waals surface area (Å²) in [5.74, 6) is 1.16. The lowest BCUT2D eigenvalue weighted by molar-refractivity contribution is -0.0358. The van der Waals surface area contributed by atoms with Crippen LogP contribution >= 0.6 is 0 Å². The molecule has 0 saturated carbocycles. The lowest BCUT2D eigenvalue weighted by Gasteiger charge is -2.50. The van der Waals surface area contributed by atoms with E-state index in [0.717, 1.165) is 18.7 Å². The van der Waals surface area contributed by atoms with Gasteiger partial charge in [0.1, 0.15) is 11.4 Å². The van der Waals surface area contributed by atoms with E-state index in [0.29, 0.717) is 0 Å². The first-order valence-corrected chi connectivity index (χ1v) is 7.81. The second-order valence-electron chi connectivity index (χ2n) is 7.57. The minimum Gasteiger partial charge on any atom is -0.485 e. The second-order valence-corrected chi connectivity index (χ2v) is 7.57. The van der Waals surface area contributed by atoms with Crippen LogP contribution in [-0.4, -0.2) is 30.6 Å². The molecule has 0 bridgehead atoms. The fourth-order valence-corrected chi connectivity index (χ4v) is 4.16. The molecule has 2 aliphatic rings. The number of piperidine rings is 1. The summed E-state index contributed by atoms with van der Waals surface area (Å²) in [6, 6.07) is 4.52. The molecule has 2 aliphatic heterocycles. The second kappa shape index (κ2) is 4.49. The summed E-state index contributed by atoms with van der Waals surface area (Å²) in [4.78, 5) is 2.43. The largest absolute Gasteiger partial charge is 0.485 e. The van der Waals surface area contributed by atoms with Gasteiger partial charge in [-0.3, -0.25) is 0 Å². The van der Waals surface area contributed by atoms with Gasteiger partial charge in [-0.1, -0.05) is 26.0 Å². The Balaban J connectivity index is 2.08. The number of nitrogens with zero attached hydrogens (tertiary/aromatic N) is 1. The van der Waals surface area contributed by atoms with Gasteiger partial charge in [-0.05, 0) is 63.2 Å². The molecule has 3 rings (SSSR count). The van der Waals surface area contributed by atoms with Gasteiger partial charge in [0.25, 0.3) is 0 Å². The SMILES string of the molecule is Cc1ccc2c(c1C)OC1(CCCN(C)C1)CC2(C)C. The molecule has 0 amide bonds. The average Bonchev–Trinajstić information content (AvgIpc) is 2.33. The van der Waals surface area contributed by atoms with E-state index in [-0.39, 0.29) is 11.0 Å². The minimum absolute atomic E-state index is 0.0159. The van der Waals surface area contributed by atoms with Gasteiger partial charge in [0, 0.05) is 12.1 Å². The Morgan fingerprint density at radius 1 is 1.20 bits per heavy atom. The van der Waals surface area contributed by atoms with Crippen molar-refractivity contribution in [1.29, 1.82) is 0 Å². The van der Waals surface area contributed by atoms with Gasteiger partial charge >= 0.3 is 0 Å². The van der Waals surface area contributed by atoms with Crippen LogP contribution in [0.3, 0.4) is 0 Å². The molecular weight excluding hydrogens is 246 g/mol. The number of hydrogen-bond donors (Lipinski definition) is 0. The molecule has 0 aromatic heterocycles. The van der Waals surface area contributed by atoms with Crippen molar-refractivity contribution >= 4 is 0 Å². The third-order valence-corrected chi connectivity index (χ3v) is 5.22. The number of likely N-dealkylation sites (N-methyl/N-ethyl adjacent to an activating group) is 1. The molecule has 1 spiro atoms. The molecule has 20 heavy (non-hydrogen) atoms. The Bertz CT molecular complexity index is 534. The smallest absolute Gasteiger partial charge is 0.127 e. The van der Waals surface area contributed by atoms with Crippen LogP contribution in [-0.2, 0) is 5.41 Å². The molecule has 1 unspecified atom stereocenters. The summed E-state index contributed by atoms with van der Waals surface area (Å²) < 4.78 is 6.64. The van der Waals surface area contributed by atoms with Crippen LogP contribution in [0.2, 0.25) is 0 Å². The van der Waals surface area contributed by atoms with Crippen molar-refractivity contribution in [1.82, 2.24) is 4.90 Å². The number of ether oxygens (including phenoxy) is 1. The number of aryl methyl sites for hydroxylation is 1. The molecular formula is C18H27NO. The fraction of sp³-hybridized carbons (Fsp3) is 0.667. The highest BCUT2D eigenvalue weighted by atomic mass is 16.5. The van der Waals surface area contributed by atoms with Crippen LogP contribution in [0.4, 0.5) is 0 Å². The molecule has 1 fully saturated rings. The minimum atomic E-state index is 0.0159. The van der Waals surface area contributed by atoms with E-state index < -0.39 is 0 Å². The Labute approximate surface area is 123 Å². The molecule has 2 nitrogen and oxygen atoms in total. The third kappa shape index (κ3) is 2.14. The first kappa shape index (κ1) is 13.9. The molecule has 1 atom stereocenters. The van der Waals surface area contributed by atoms with Gasteiger partial charge in [-0.2, -0.15) is 0 Å². The molecule has 0 aliphatic carbocycles. The van der Waals surface area contributed by atoms with Crippen molar-refractivity contribution in [2.45, 2.75) is 58.0 Å². The van der Waals surface area contributed by atoms with Crippen molar-refractivity contribution in [3.05, 3.63) is 28.8 Å². The van der Waals surface area contributed by atoms with Crippen molar-refractivity contribution < 1.29 is 4.74 Å². The first-order chi connectivity index (χ1) is 9.33. The average molecular weight is 273 g/mol. The van der Waals surface area contributed by atoms with Crippen LogP contribution in [0.5, 0.6) is 5.75 Å². The molecule has 0 N–H and O–H groups in total. The number of rotatable bonds is 0. The van der Waals surface area contributed by atoms with E-state index in [1.54, 1.807) is 0 Å². The predicted octanol–water partition coefficient (Wildman–Crippen LogP) is 3.83. The highest BCUT2D eigenvalue weighted by Gasteiger charge is 2.47. The van der Waals surface area contributed by atoms with Gasteiger partial charge in [0.2, 0.25) is 0 Å². The van der Waals surface area contributed by atoms with Gasteiger partial charge in [0.05, 0.1) is 0 Å². The normalized spacial score (nSPS) is 29.1. The summed E-state index contributed by atoms with van der Waals surface area (Å²) in [7, 11) is 2.22. The maximum absolute atomic E-state index is 6.64. The molecule has 2 heterocycles. The Morgan fingerprint density at radius 2 is 1.95 bits per heavy atom. The maximum Gasteiger partial charge on any atom is 0.127 e. The number of hydrogen-bond acceptors (Lipinski definition) is 2. The van der Waals surface area contributed by atoms with Crippen LogP contribution in [0.1, 0.15) is 49.8 Å². The van der Waals surface area contributed by atoms with Crippen LogP contribution < -0.4 is 4.74 Å². The van der Waals surface area contributed by atoms with Gasteiger partial charge in [0.15, 0.2) is 0 Å². The summed E-state index contributed by atoms with van der Waals surface area (Å²) in [6.07, 6.45) is 3.56. The number of likely N-dealkylation sites (tertiary alicyclic amines) is 1. The van der Waals surface area contributed by atoms with Crippen molar-refractivity contribution in [2.24, 2.45) is 0 Å². The zero-order chi connectivity index (χ0) is 14.5. The van der Waals surface area contributed by atoms with Crippen molar-refractivity contribution in [3.8, 4) is 5.75 Å². The van der Waals surface area contributed by atoms with Gasteiger partial charge in [-0.15, -0.1) is 0 Å². The molecule has 1 aromatic rings.